The Morgan fingerprint density at radius 3 is 1.92 bits per heavy atom. The van der Waals surface area contributed by atoms with Crippen LogP contribution in [0.4, 0.5) is 11.4 Å². The van der Waals surface area contributed by atoms with Gasteiger partial charge in [0.15, 0.2) is 0 Å². The van der Waals surface area contributed by atoms with E-state index in [4.69, 9.17) is 0 Å². The number of benzene rings is 1. The lowest BCUT2D eigenvalue weighted by Crippen LogP contribution is -2.46. The van der Waals surface area contributed by atoms with Gasteiger partial charge in [0.05, 0.1) is 23.7 Å². The Morgan fingerprint density at radius 1 is 0.885 bits per heavy atom. The van der Waals surface area contributed by atoms with Crippen LogP contribution in [0.2, 0.25) is 0 Å². The van der Waals surface area contributed by atoms with E-state index in [0.29, 0.717) is 5.92 Å². The van der Waals surface area contributed by atoms with Gasteiger partial charge in [-0.25, -0.2) is 0 Å². The van der Waals surface area contributed by atoms with Crippen molar-refractivity contribution in [3.63, 3.8) is 0 Å². The molecule has 1 aromatic carbocycles. The number of halogens is 1. The van der Waals surface area contributed by atoms with Crippen LogP contribution in [-0.2, 0) is 0 Å². The van der Waals surface area contributed by atoms with Gasteiger partial charge in [0.2, 0.25) is 0 Å². The Balaban J connectivity index is 1.60. The van der Waals surface area contributed by atoms with E-state index in [-0.39, 0.29) is 5.92 Å². The molecule has 0 amide bonds. The second-order valence-corrected chi connectivity index (χ2v) is 8.36. The fraction of sp³-hybridized carbons (Fsp3) is 0.476. The Morgan fingerprint density at radius 2 is 1.42 bits per heavy atom. The zero-order chi connectivity index (χ0) is 18.7. The molecule has 26 heavy (non-hydrogen) atoms. The summed E-state index contributed by atoms with van der Waals surface area (Å²) >= 11 is 3.49. The van der Waals surface area contributed by atoms with Gasteiger partial charge in [-0.2, -0.15) is 0 Å². The van der Waals surface area contributed by atoms with Gasteiger partial charge < -0.3 is 14.9 Å². The molecule has 2 unspecified atom stereocenters. The summed E-state index contributed by atoms with van der Waals surface area (Å²) in [7, 11) is 0. The molecule has 0 bridgehead atoms. The van der Waals surface area contributed by atoms with E-state index >= 15 is 0 Å². The number of pyridine rings is 1. The molecule has 0 spiro atoms. The second-order valence-electron chi connectivity index (χ2n) is 7.44. The summed E-state index contributed by atoms with van der Waals surface area (Å²) < 4.78 is 1.11. The lowest BCUT2D eigenvalue weighted by atomic mass is 9.90. The van der Waals surface area contributed by atoms with Gasteiger partial charge in [-0.1, -0.05) is 36.7 Å². The van der Waals surface area contributed by atoms with Gasteiger partial charge in [0.1, 0.15) is 0 Å². The first-order valence-electron chi connectivity index (χ1n) is 9.35. The van der Waals surface area contributed by atoms with Crippen molar-refractivity contribution in [3.8, 4) is 0 Å². The van der Waals surface area contributed by atoms with Crippen LogP contribution in [0, 0.1) is 11.8 Å². The number of nitrogens with zero attached hydrogens (tertiary/aromatic N) is 3. The molecule has 0 saturated carbocycles. The largest absolute Gasteiger partial charge is 0.387 e. The highest BCUT2D eigenvalue weighted by molar-refractivity contribution is 9.10. The lowest BCUT2D eigenvalue weighted by Gasteiger charge is -2.37. The van der Waals surface area contributed by atoms with E-state index in [1.807, 2.05) is 12.3 Å². The third-order valence-corrected chi connectivity index (χ3v) is 5.99. The Labute approximate surface area is 165 Å². The molecule has 1 aliphatic heterocycles. The van der Waals surface area contributed by atoms with Gasteiger partial charge in [-0.3, -0.25) is 4.98 Å². The Bertz CT molecular complexity index is 694. The fourth-order valence-corrected chi connectivity index (χ4v) is 3.53. The monoisotopic (exact) mass is 417 g/mol. The van der Waals surface area contributed by atoms with Gasteiger partial charge >= 0.3 is 0 Å². The molecule has 2 atom stereocenters. The zero-order valence-electron chi connectivity index (χ0n) is 15.8. The van der Waals surface area contributed by atoms with Crippen LogP contribution in [0.3, 0.4) is 0 Å². The van der Waals surface area contributed by atoms with Crippen LogP contribution in [0.15, 0.2) is 47.1 Å². The number of hydrogen-bond donors (Lipinski definition) is 1. The number of aliphatic hydroxyl groups is 1. The molecule has 0 aliphatic carbocycles. The topological polar surface area (TPSA) is 39.6 Å². The molecular weight excluding hydrogens is 390 g/mol. The maximum Gasteiger partial charge on any atom is 0.0987 e. The average molecular weight is 418 g/mol. The molecule has 4 nitrogen and oxygen atoms in total. The molecule has 2 aromatic rings. The molecule has 2 heterocycles. The summed E-state index contributed by atoms with van der Waals surface area (Å²) in [6.07, 6.45) is 1.40. The van der Waals surface area contributed by atoms with E-state index in [0.717, 1.165) is 42.0 Å². The highest BCUT2D eigenvalue weighted by Crippen LogP contribution is 2.28. The molecule has 1 aliphatic rings. The third kappa shape index (κ3) is 4.38. The number of anilines is 2. The van der Waals surface area contributed by atoms with Crippen LogP contribution in [0.5, 0.6) is 0 Å². The summed E-state index contributed by atoms with van der Waals surface area (Å²) in [5.41, 5.74) is 3.17. The Kier molecular flexibility index (Phi) is 6.20. The van der Waals surface area contributed by atoms with Gasteiger partial charge in [0, 0.05) is 36.3 Å². The standard InChI is InChI=1S/C21H28BrN3O/c1-15(2)16(3)21(26)20-9-8-19(14-23-20)25-12-10-24(11-13-25)18-6-4-17(22)5-7-18/h4-9,14-16,21,26H,10-13H2,1-3H3. The fourth-order valence-electron chi connectivity index (χ4n) is 3.27. The molecule has 1 N–H and O–H groups in total. The molecule has 3 rings (SSSR count). The van der Waals surface area contributed by atoms with Crippen molar-refractivity contribution < 1.29 is 5.11 Å². The summed E-state index contributed by atoms with van der Waals surface area (Å²) in [6, 6.07) is 12.6. The number of aromatic nitrogens is 1. The van der Waals surface area contributed by atoms with Crippen LogP contribution in [-0.4, -0.2) is 36.3 Å². The van der Waals surface area contributed by atoms with Crippen molar-refractivity contribution in [2.75, 3.05) is 36.0 Å². The summed E-state index contributed by atoms with van der Waals surface area (Å²) in [6.45, 7) is 10.3. The summed E-state index contributed by atoms with van der Waals surface area (Å²) in [5, 5.41) is 10.5. The zero-order valence-corrected chi connectivity index (χ0v) is 17.4. The van der Waals surface area contributed by atoms with Crippen molar-refractivity contribution in [2.45, 2.75) is 26.9 Å². The normalized spacial score (nSPS) is 17.5. The van der Waals surface area contributed by atoms with Gasteiger partial charge in [0.25, 0.3) is 0 Å². The predicted octanol–water partition coefficient (Wildman–Crippen LogP) is 4.50. The average Bonchev–Trinajstić information content (AvgIpc) is 2.67. The highest BCUT2D eigenvalue weighted by Gasteiger charge is 2.22. The lowest BCUT2D eigenvalue weighted by molar-refractivity contribution is 0.0882. The molecule has 1 saturated heterocycles. The van der Waals surface area contributed by atoms with E-state index in [2.05, 4.69) is 81.8 Å². The van der Waals surface area contributed by atoms with Crippen molar-refractivity contribution in [1.29, 1.82) is 0 Å². The smallest absolute Gasteiger partial charge is 0.0987 e. The molecule has 140 valence electrons. The highest BCUT2D eigenvalue weighted by atomic mass is 79.9. The third-order valence-electron chi connectivity index (χ3n) is 5.46. The minimum atomic E-state index is -0.502. The van der Waals surface area contributed by atoms with E-state index in [1.165, 1.54) is 5.69 Å². The summed E-state index contributed by atoms with van der Waals surface area (Å²) in [4.78, 5) is 9.31. The first kappa shape index (κ1) is 19.2. The van der Waals surface area contributed by atoms with Crippen molar-refractivity contribution in [1.82, 2.24) is 4.98 Å². The molecular formula is C21H28BrN3O. The van der Waals surface area contributed by atoms with Crippen LogP contribution in [0.25, 0.3) is 0 Å². The first-order valence-corrected chi connectivity index (χ1v) is 10.1. The molecule has 1 fully saturated rings. The van der Waals surface area contributed by atoms with Crippen molar-refractivity contribution >= 4 is 27.3 Å². The minimum absolute atomic E-state index is 0.197. The predicted molar refractivity (Wildman–Crippen MR) is 112 cm³/mol. The van der Waals surface area contributed by atoms with Crippen molar-refractivity contribution in [3.05, 3.63) is 52.8 Å². The number of aliphatic hydroxyl groups excluding tert-OH is 1. The molecule has 0 radical (unpaired) electrons. The number of piperazine rings is 1. The second kappa shape index (κ2) is 8.40. The van der Waals surface area contributed by atoms with Gasteiger partial charge in [-0.15, -0.1) is 0 Å². The number of hydrogen-bond acceptors (Lipinski definition) is 4. The van der Waals surface area contributed by atoms with Crippen LogP contribution in [0.1, 0.15) is 32.6 Å². The SMILES string of the molecule is CC(C)C(C)C(O)c1ccc(N2CCN(c3ccc(Br)cc3)CC2)cn1. The minimum Gasteiger partial charge on any atom is -0.387 e. The van der Waals surface area contributed by atoms with E-state index in [1.54, 1.807) is 0 Å². The maximum absolute atomic E-state index is 10.5. The van der Waals surface area contributed by atoms with Crippen LogP contribution < -0.4 is 9.80 Å². The van der Waals surface area contributed by atoms with E-state index in [9.17, 15) is 5.11 Å². The van der Waals surface area contributed by atoms with Crippen molar-refractivity contribution in [2.24, 2.45) is 11.8 Å². The van der Waals surface area contributed by atoms with Gasteiger partial charge in [-0.05, 0) is 48.2 Å². The molecule has 1 aromatic heterocycles. The number of rotatable bonds is 5. The molecule has 5 heteroatoms. The van der Waals surface area contributed by atoms with Crippen LogP contribution >= 0.6 is 15.9 Å². The first-order chi connectivity index (χ1) is 12.5. The maximum atomic E-state index is 10.5. The van der Waals surface area contributed by atoms with E-state index < -0.39 is 6.10 Å². The summed E-state index contributed by atoms with van der Waals surface area (Å²) in [5.74, 6) is 0.626. The quantitative estimate of drug-likeness (QED) is 0.777. The Hall–Kier alpha value is -1.59.